The number of nitrogens with zero attached hydrogens (tertiary/aromatic N) is 3. The maximum atomic E-state index is 13.4. The van der Waals surface area contributed by atoms with Crippen molar-refractivity contribution < 1.29 is 9.18 Å². The number of halogens is 1. The van der Waals surface area contributed by atoms with E-state index in [2.05, 4.69) is 0 Å². The Balaban J connectivity index is 1.92. The molecule has 1 aromatic carbocycles. The molecule has 4 rings (SSSR count). The summed E-state index contributed by atoms with van der Waals surface area (Å²) in [6.45, 7) is 1.62. The molecule has 0 spiro atoms. The molecule has 134 valence electrons. The summed E-state index contributed by atoms with van der Waals surface area (Å²) in [6.07, 6.45) is 7.43. The molecule has 2 heterocycles. The minimum Gasteiger partial charge on any atom is -0.293 e. The fraction of sp³-hybridized carbons (Fsp3) is 0.333. The maximum absolute atomic E-state index is 13.4. The number of hydrogen-bond donors (Lipinski definition) is 0. The van der Waals surface area contributed by atoms with Gasteiger partial charge in [0, 0.05) is 24.7 Å². The van der Waals surface area contributed by atoms with Crippen LogP contribution in [0.25, 0.3) is 16.9 Å². The number of hydrogen-bond acceptors (Lipinski definition) is 2. The minimum atomic E-state index is -0.283. The molecule has 0 radical (unpaired) electrons. The summed E-state index contributed by atoms with van der Waals surface area (Å²) in [5, 5.41) is 0. The molecule has 5 heteroatoms. The van der Waals surface area contributed by atoms with Gasteiger partial charge < -0.3 is 0 Å². The van der Waals surface area contributed by atoms with Gasteiger partial charge in [0.1, 0.15) is 23.0 Å². The van der Waals surface area contributed by atoms with Gasteiger partial charge in [0.05, 0.1) is 0 Å². The summed E-state index contributed by atoms with van der Waals surface area (Å²) >= 11 is 0. The number of carbonyl (C=O) groups is 1. The second-order valence-corrected chi connectivity index (χ2v) is 6.90. The highest BCUT2D eigenvalue weighted by Crippen LogP contribution is 2.36. The van der Waals surface area contributed by atoms with E-state index in [1.807, 2.05) is 33.7 Å². The van der Waals surface area contributed by atoms with Crippen LogP contribution in [-0.2, 0) is 4.79 Å². The Hall–Kier alpha value is -2.69. The van der Waals surface area contributed by atoms with Crippen LogP contribution < -0.4 is 4.90 Å². The minimum absolute atomic E-state index is 0.0194. The third-order valence-corrected chi connectivity index (χ3v) is 5.13. The molecule has 3 aromatic rings. The summed E-state index contributed by atoms with van der Waals surface area (Å²) in [5.74, 6) is 0.521. The van der Waals surface area contributed by atoms with Gasteiger partial charge >= 0.3 is 0 Å². The zero-order valence-corrected chi connectivity index (χ0v) is 14.9. The van der Waals surface area contributed by atoms with Gasteiger partial charge in [-0.15, -0.1) is 0 Å². The van der Waals surface area contributed by atoms with Crippen molar-refractivity contribution in [1.29, 1.82) is 0 Å². The predicted octanol–water partition coefficient (Wildman–Crippen LogP) is 4.83. The van der Waals surface area contributed by atoms with E-state index in [1.54, 1.807) is 19.1 Å². The van der Waals surface area contributed by atoms with Crippen LogP contribution in [0, 0.1) is 5.82 Å². The van der Waals surface area contributed by atoms with E-state index in [0.717, 1.165) is 48.4 Å². The lowest BCUT2D eigenvalue weighted by molar-refractivity contribution is -0.117. The monoisotopic (exact) mass is 351 g/mol. The molecule has 1 aliphatic carbocycles. The van der Waals surface area contributed by atoms with Crippen molar-refractivity contribution in [3.05, 3.63) is 54.5 Å². The molecule has 1 amide bonds. The quantitative estimate of drug-likeness (QED) is 0.678. The SMILES string of the molecule is CC(=O)N(c1c(-c2ccc(F)cc2)nc2ccccn12)C1CCCCC1. The second kappa shape index (κ2) is 6.90. The number of pyridine rings is 1. The van der Waals surface area contributed by atoms with Crippen LogP contribution in [0.5, 0.6) is 0 Å². The number of benzene rings is 1. The molecule has 4 nitrogen and oxygen atoms in total. The molecule has 0 saturated heterocycles. The summed E-state index contributed by atoms with van der Waals surface area (Å²) < 4.78 is 15.4. The zero-order chi connectivity index (χ0) is 18.1. The van der Waals surface area contributed by atoms with Gasteiger partial charge in [-0.2, -0.15) is 0 Å². The molecule has 0 N–H and O–H groups in total. The van der Waals surface area contributed by atoms with E-state index in [4.69, 9.17) is 4.98 Å². The van der Waals surface area contributed by atoms with Crippen molar-refractivity contribution in [1.82, 2.24) is 9.38 Å². The Bertz CT molecular complexity index is 926. The van der Waals surface area contributed by atoms with Crippen LogP contribution in [0.4, 0.5) is 10.2 Å². The number of amides is 1. The van der Waals surface area contributed by atoms with Gasteiger partial charge in [0.15, 0.2) is 0 Å². The average molecular weight is 351 g/mol. The van der Waals surface area contributed by atoms with Gasteiger partial charge in [-0.3, -0.25) is 14.1 Å². The highest BCUT2D eigenvalue weighted by Gasteiger charge is 2.30. The first-order valence-corrected chi connectivity index (χ1v) is 9.18. The molecule has 1 fully saturated rings. The van der Waals surface area contributed by atoms with Gasteiger partial charge in [-0.25, -0.2) is 9.37 Å². The van der Waals surface area contributed by atoms with Crippen molar-refractivity contribution in [3.8, 4) is 11.3 Å². The largest absolute Gasteiger partial charge is 0.293 e. The van der Waals surface area contributed by atoms with Crippen LogP contribution in [0.1, 0.15) is 39.0 Å². The van der Waals surface area contributed by atoms with E-state index in [-0.39, 0.29) is 17.8 Å². The first-order chi connectivity index (χ1) is 12.6. The second-order valence-electron chi connectivity index (χ2n) is 6.90. The van der Waals surface area contributed by atoms with Crippen molar-refractivity contribution in [2.24, 2.45) is 0 Å². The fourth-order valence-electron chi connectivity index (χ4n) is 3.93. The van der Waals surface area contributed by atoms with Crippen LogP contribution in [0.15, 0.2) is 48.7 Å². The topological polar surface area (TPSA) is 37.6 Å². The van der Waals surface area contributed by atoms with Gasteiger partial charge in [0.2, 0.25) is 5.91 Å². The summed E-state index contributed by atoms with van der Waals surface area (Å²) in [7, 11) is 0. The lowest BCUT2D eigenvalue weighted by Crippen LogP contribution is -2.41. The molecule has 1 saturated carbocycles. The Morgan fingerprint density at radius 2 is 1.85 bits per heavy atom. The normalized spacial score (nSPS) is 15.3. The lowest BCUT2D eigenvalue weighted by Gasteiger charge is -2.33. The van der Waals surface area contributed by atoms with Crippen LogP contribution in [-0.4, -0.2) is 21.3 Å². The first-order valence-electron chi connectivity index (χ1n) is 9.18. The zero-order valence-electron chi connectivity index (χ0n) is 14.9. The standard InChI is InChI=1S/C21H22FN3O/c1-15(26)25(18-7-3-2-4-8-18)21-20(16-10-12-17(22)13-11-16)23-19-9-5-6-14-24(19)21/h5-6,9-14,18H,2-4,7-8H2,1H3. The molecular formula is C21H22FN3O. The van der Waals surface area contributed by atoms with Crippen molar-refractivity contribution >= 4 is 17.4 Å². The Morgan fingerprint density at radius 1 is 1.12 bits per heavy atom. The molecule has 0 bridgehead atoms. The van der Waals surface area contributed by atoms with Crippen molar-refractivity contribution in [2.45, 2.75) is 45.1 Å². The average Bonchev–Trinajstić information content (AvgIpc) is 3.03. The van der Waals surface area contributed by atoms with E-state index < -0.39 is 0 Å². The third kappa shape index (κ3) is 2.98. The summed E-state index contributed by atoms with van der Waals surface area (Å²) in [5.41, 5.74) is 2.31. The fourth-order valence-corrected chi connectivity index (χ4v) is 3.93. The molecular weight excluding hydrogens is 329 g/mol. The van der Waals surface area contributed by atoms with Crippen molar-refractivity contribution in [2.75, 3.05) is 4.90 Å². The number of anilines is 1. The number of carbonyl (C=O) groups excluding carboxylic acids is 1. The Labute approximate surface area is 152 Å². The number of aromatic nitrogens is 2. The van der Waals surface area contributed by atoms with E-state index in [0.29, 0.717) is 0 Å². The molecule has 1 aliphatic rings. The van der Waals surface area contributed by atoms with Gasteiger partial charge in [0.25, 0.3) is 0 Å². The third-order valence-electron chi connectivity index (χ3n) is 5.13. The van der Waals surface area contributed by atoms with E-state index in [1.165, 1.54) is 18.6 Å². The highest BCUT2D eigenvalue weighted by molar-refractivity contribution is 5.96. The van der Waals surface area contributed by atoms with Crippen molar-refractivity contribution in [3.63, 3.8) is 0 Å². The lowest BCUT2D eigenvalue weighted by atomic mass is 9.94. The molecule has 0 unspecified atom stereocenters. The molecule has 0 aliphatic heterocycles. The highest BCUT2D eigenvalue weighted by atomic mass is 19.1. The number of rotatable bonds is 3. The summed E-state index contributed by atoms with van der Waals surface area (Å²) in [4.78, 5) is 19.3. The number of fused-ring (bicyclic) bond motifs is 1. The van der Waals surface area contributed by atoms with Gasteiger partial charge in [-0.05, 0) is 49.2 Å². The van der Waals surface area contributed by atoms with Gasteiger partial charge in [-0.1, -0.05) is 25.3 Å². The molecule has 26 heavy (non-hydrogen) atoms. The first kappa shape index (κ1) is 16.8. The van der Waals surface area contributed by atoms with Crippen LogP contribution in [0.3, 0.4) is 0 Å². The van der Waals surface area contributed by atoms with E-state index in [9.17, 15) is 9.18 Å². The summed E-state index contributed by atoms with van der Waals surface area (Å²) in [6, 6.07) is 12.3. The Kier molecular flexibility index (Phi) is 4.45. The number of imidazole rings is 1. The predicted molar refractivity (Wildman–Crippen MR) is 101 cm³/mol. The van der Waals surface area contributed by atoms with E-state index >= 15 is 0 Å². The van der Waals surface area contributed by atoms with Crippen LogP contribution >= 0.6 is 0 Å². The molecule has 2 aromatic heterocycles. The van der Waals surface area contributed by atoms with Crippen LogP contribution in [0.2, 0.25) is 0 Å². The smallest absolute Gasteiger partial charge is 0.225 e. The maximum Gasteiger partial charge on any atom is 0.225 e. The Morgan fingerprint density at radius 3 is 2.54 bits per heavy atom. The molecule has 0 atom stereocenters.